The molecule has 1 fully saturated rings. The maximum Gasteiger partial charge on any atom is 0.237 e. The minimum Gasteiger partial charge on any atom is -0.333 e. The van der Waals surface area contributed by atoms with Gasteiger partial charge >= 0.3 is 0 Å². The van der Waals surface area contributed by atoms with Crippen molar-refractivity contribution in [3.63, 3.8) is 0 Å². The minimum atomic E-state index is 0.155. The van der Waals surface area contributed by atoms with E-state index < -0.39 is 0 Å². The van der Waals surface area contributed by atoms with Gasteiger partial charge in [-0.05, 0) is 17.9 Å². The van der Waals surface area contributed by atoms with Crippen molar-refractivity contribution in [2.75, 3.05) is 26.2 Å². The van der Waals surface area contributed by atoms with Gasteiger partial charge in [0.1, 0.15) is 0 Å². The first-order valence-electron chi connectivity index (χ1n) is 6.58. The van der Waals surface area contributed by atoms with Crippen LogP contribution in [-0.4, -0.2) is 47.9 Å². The Morgan fingerprint density at radius 1 is 1.68 bits per heavy atom. The molecular weight excluding hydrogens is 258 g/mol. The van der Waals surface area contributed by atoms with Crippen LogP contribution in [0, 0.1) is 0 Å². The van der Waals surface area contributed by atoms with Crippen LogP contribution < -0.4 is 5.73 Å². The van der Waals surface area contributed by atoms with Gasteiger partial charge in [0.15, 0.2) is 0 Å². The SMILES string of the molecule is C=CCN(Cc1cccs1)C(=O)CN1CC[C@@H](N)C1. The summed E-state index contributed by atoms with van der Waals surface area (Å²) in [6.07, 6.45) is 2.76. The van der Waals surface area contributed by atoms with E-state index in [4.69, 9.17) is 5.73 Å². The summed E-state index contributed by atoms with van der Waals surface area (Å²) >= 11 is 1.68. The lowest BCUT2D eigenvalue weighted by molar-refractivity contribution is -0.132. The fourth-order valence-corrected chi connectivity index (χ4v) is 3.02. The van der Waals surface area contributed by atoms with E-state index in [1.54, 1.807) is 17.4 Å². The number of amides is 1. The molecule has 0 aliphatic carbocycles. The van der Waals surface area contributed by atoms with E-state index in [-0.39, 0.29) is 11.9 Å². The smallest absolute Gasteiger partial charge is 0.237 e. The van der Waals surface area contributed by atoms with Crippen LogP contribution in [0.3, 0.4) is 0 Å². The normalized spacial score (nSPS) is 19.5. The molecule has 0 aromatic carbocycles. The van der Waals surface area contributed by atoms with Crippen LogP contribution in [0.25, 0.3) is 0 Å². The number of carbonyl (C=O) groups excluding carboxylic acids is 1. The average Bonchev–Trinajstić information content (AvgIpc) is 3.01. The predicted octanol–water partition coefficient (Wildman–Crippen LogP) is 1.30. The summed E-state index contributed by atoms with van der Waals surface area (Å²) in [5.74, 6) is 0.155. The van der Waals surface area contributed by atoms with Crippen molar-refractivity contribution in [3.05, 3.63) is 35.0 Å². The Hall–Kier alpha value is -1.17. The molecule has 0 unspecified atom stereocenters. The van der Waals surface area contributed by atoms with Gasteiger partial charge in [0, 0.05) is 30.6 Å². The third kappa shape index (κ3) is 4.16. The molecule has 1 aromatic rings. The highest BCUT2D eigenvalue weighted by Gasteiger charge is 2.23. The lowest BCUT2D eigenvalue weighted by Gasteiger charge is -2.23. The van der Waals surface area contributed by atoms with E-state index in [2.05, 4.69) is 17.5 Å². The molecular formula is C14H21N3OS. The lowest BCUT2D eigenvalue weighted by Crippen LogP contribution is -2.40. The molecule has 4 nitrogen and oxygen atoms in total. The molecule has 2 N–H and O–H groups in total. The molecule has 1 aliphatic heterocycles. The molecule has 1 aromatic heterocycles. The zero-order valence-corrected chi connectivity index (χ0v) is 11.9. The number of hydrogen-bond donors (Lipinski definition) is 1. The summed E-state index contributed by atoms with van der Waals surface area (Å²) in [5.41, 5.74) is 5.86. The number of hydrogen-bond acceptors (Lipinski definition) is 4. The Morgan fingerprint density at radius 2 is 2.53 bits per heavy atom. The molecule has 0 spiro atoms. The highest BCUT2D eigenvalue weighted by molar-refractivity contribution is 7.09. The summed E-state index contributed by atoms with van der Waals surface area (Å²) in [6, 6.07) is 4.29. The van der Waals surface area contributed by atoms with Crippen LogP contribution in [0.2, 0.25) is 0 Å². The largest absolute Gasteiger partial charge is 0.333 e. The summed E-state index contributed by atoms with van der Waals surface area (Å²) in [7, 11) is 0. The number of nitrogens with two attached hydrogens (primary N) is 1. The zero-order valence-electron chi connectivity index (χ0n) is 11.1. The summed E-state index contributed by atoms with van der Waals surface area (Å²) in [5, 5.41) is 2.03. The van der Waals surface area contributed by atoms with Gasteiger partial charge in [0.05, 0.1) is 13.1 Å². The van der Waals surface area contributed by atoms with Gasteiger partial charge in [-0.15, -0.1) is 17.9 Å². The molecule has 19 heavy (non-hydrogen) atoms. The molecule has 1 saturated heterocycles. The van der Waals surface area contributed by atoms with Gasteiger partial charge in [0.25, 0.3) is 0 Å². The van der Waals surface area contributed by atoms with E-state index >= 15 is 0 Å². The van der Waals surface area contributed by atoms with Crippen molar-refractivity contribution in [2.45, 2.75) is 19.0 Å². The molecule has 104 valence electrons. The van der Waals surface area contributed by atoms with Crippen molar-refractivity contribution in [1.29, 1.82) is 0 Å². The van der Waals surface area contributed by atoms with Crippen molar-refractivity contribution >= 4 is 17.2 Å². The fraction of sp³-hybridized carbons (Fsp3) is 0.500. The van der Waals surface area contributed by atoms with Crippen molar-refractivity contribution in [3.8, 4) is 0 Å². The number of likely N-dealkylation sites (tertiary alicyclic amines) is 1. The van der Waals surface area contributed by atoms with Gasteiger partial charge in [-0.25, -0.2) is 0 Å². The molecule has 1 aliphatic rings. The highest BCUT2D eigenvalue weighted by atomic mass is 32.1. The van der Waals surface area contributed by atoms with Gasteiger partial charge in [0.2, 0.25) is 5.91 Å². The first-order valence-corrected chi connectivity index (χ1v) is 7.46. The Kier molecular flexibility index (Phi) is 5.13. The summed E-state index contributed by atoms with van der Waals surface area (Å²) < 4.78 is 0. The Balaban J connectivity index is 1.90. The van der Waals surface area contributed by atoms with Crippen LogP contribution in [0.15, 0.2) is 30.2 Å². The molecule has 0 saturated carbocycles. The second kappa shape index (κ2) is 6.84. The Morgan fingerprint density at radius 3 is 3.11 bits per heavy atom. The fourth-order valence-electron chi connectivity index (χ4n) is 2.30. The van der Waals surface area contributed by atoms with Gasteiger partial charge in [-0.2, -0.15) is 0 Å². The standard InChI is InChI=1S/C14H21N3OS/c1-2-6-17(10-13-4-3-8-19-13)14(18)11-16-7-5-12(15)9-16/h2-4,8,12H,1,5-7,9-11,15H2/t12-/m1/s1. The van der Waals surface area contributed by atoms with E-state index in [9.17, 15) is 4.79 Å². The molecule has 0 radical (unpaired) electrons. The number of carbonyl (C=O) groups is 1. The third-order valence-electron chi connectivity index (χ3n) is 3.30. The van der Waals surface area contributed by atoms with Crippen LogP contribution in [0.1, 0.15) is 11.3 Å². The topological polar surface area (TPSA) is 49.6 Å². The minimum absolute atomic E-state index is 0.155. The van der Waals surface area contributed by atoms with Crippen LogP contribution in [0.5, 0.6) is 0 Å². The first kappa shape index (κ1) is 14.2. The average molecular weight is 279 g/mol. The first-order chi connectivity index (χ1) is 9.19. The number of rotatable bonds is 6. The molecule has 5 heteroatoms. The molecule has 0 bridgehead atoms. The van der Waals surface area contributed by atoms with Crippen LogP contribution in [-0.2, 0) is 11.3 Å². The van der Waals surface area contributed by atoms with Gasteiger partial charge in [-0.3, -0.25) is 9.69 Å². The number of nitrogens with zero attached hydrogens (tertiary/aromatic N) is 2. The maximum absolute atomic E-state index is 12.3. The number of thiophene rings is 1. The Bertz CT molecular complexity index is 418. The van der Waals surface area contributed by atoms with E-state index in [1.165, 1.54) is 4.88 Å². The third-order valence-corrected chi connectivity index (χ3v) is 4.16. The summed E-state index contributed by atoms with van der Waals surface area (Å²) in [4.78, 5) is 17.5. The molecule has 1 amide bonds. The van der Waals surface area contributed by atoms with E-state index in [0.29, 0.717) is 19.6 Å². The van der Waals surface area contributed by atoms with E-state index in [1.807, 2.05) is 16.3 Å². The van der Waals surface area contributed by atoms with Crippen molar-refractivity contribution < 1.29 is 4.79 Å². The van der Waals surface area contributed by atoms with Crippen LogP contribution >= 0.6 is 11.3 Å². The lowest BCUT2D eigenvalue weighted by atomic mass is 10.3. The van der Waals surface area contributed by atoms with Crippen molar-refractivity contribution in [2.24, 2.45) is 5.73 Å². The molecule has 2 rings (SSSR count). The predicted molar refractivity (Wildman–Crippen MR) is 79.0 cm³/mol. The maximum atomic E-state index is 12.3. The Labute approximate surface area is 118 Å². The van der Waals surface area contributed by atoms with Crippen LogP contribution in [0.4, 0.5) is 0 Å². The molecule has 2 heterocycles. The highest BCUT2D eigenvalue weighted by Crippen LogP contribution is 2.13. The second-order valence-corrected chi connectivity index (χ2v) is 5.96. The monoisotopic (exact) mass is 279 g/mol. The second-order valence-electron chi connectivity index (χ2n) is 4.93. The van der Waals surface area contributed by atoms with Gasteiger partial charge in [-0.1, -0.05) is 12.1 Å². The summed E-state index contributed by atoms with van der Waals surface area (Å²) in [6.45, 7) is 7.21. The van der Waals surface area contributed by atoms with E-state index in [0.717, 1.165) is 19.5 Å². The van der Waals surface area contributed by atoms with Gasteiger partial charge < -0.3 is 10.6 Å². The quantitative estimate of drug-likeness (QED) is 0.799. The molecule has 1 atom stereocenters. The van der Waals surface area contributed by atoms with Crippen molar-refractivity contribution in [1.82, 2.24) is 9.80 Å². The zero-order chi connectivity index (χ0) is 13.7.